The van der Waals surface area contributed by atoms with Crippen molar-refractivity contribution in [1.82, 2.24) is 0 Å². The van der Waals surface area contributed by atoms with Crippen LogP contribution in [0.1, 0.15) is 39.5 Å². The van der Waals surface area contributed by atoms with E-state index in [1.807, 2.05) is 6.08 Å². The van der Waals surface area contributed by atoms with E-state index in [-0.39, 0.29) is 0 Å². The predicted octanol–water partition coefficient (Wildman–Crippen LogP) is 3.95. The van der Waals surface area contributed by atoms with Crippen LogP contribution in [0.4, 0.5) is 0 Å². The van der Waals surface area contributed by atoms with Gasteiger partial charge in [0.2, 0.25) is 0 Å². The Balaban J connectivity index is 3.44. The third kappa shape index (κ3) is 5.90. The van der Waals surface area contributed by atoms with Crippen LogP contribution in [0.25, 0.3) is 0 Å². The van der Waals surface area contributed by atoms with Crippen LogP contribution >= 0.6 is 0 Å². The first-order chi connectivity index (χ1) is 5.35. The summed E-state index contributed by atoms with van der Waals surface area (Å²) in [7, 11) is 0. The lowest BCUT2D eigenvalue weighted by atomic mass is 10.0. The molecule has 0 aliphatic carbocycles. The van der Waals surface area contributed by atoms with Crippen molar-refractivity contribution in [3.05, 3.63) is 24.8 Å². The number of hydrogen-bond donors (Lipinski definition) is 0. The quantitative estimate of drug-likeness (QED) is 0.399. The number of allylic oxidation sites excluding steroid dienone is 3. The molecular weight excluding hydrogens is 132 g/mol. The highest BCUT2D eigenvalue weighted by molar-refractivity contribution is 4.95. The molecule has 0 heteroatoms. The average molecular weight is 152 g/mol. The zero-order valence-electron chi connectivity index (χ0n) is 7.84. The molecule has 0 aliphatic heterocycles. The Morgan fingerprint density at radius 1 is 1.36 bits per heavy atom. The maximum Gasteiger partial charge on any atom is -0.00563 e. The summed E-state index contributed by atoms with van der Waals surface area (Å²) >= 11 is 0. The van der Waals surface area contributed by atoms with Crippen LogP contribution < -0.4 is 0 Å². The molecule has 0 aliphatic rings. The highest BCUT2D eigenvalue weighted by Crippen LogP contribution is 2.11. The van der Waals surface area contributed by atoms with E-state index in [4.69, 9.17) is 0 Å². The Bertz CT molecular complexity index is 111. The van der Waals surface area contributed by atoms with Gasteiger partial charge in [0.1, 0.15) is 0 Å². The fraction of sp³-hybridized carbons (Fsp3) is 0.636. The number of rotatable bonds is 6. The fourth-order valence-corrected chi connectivity index (χ4v) is 1.17. The summed E-state index contributed by atoms with van der Waals surface area (Å²) in [5, 5.41) is 0. The second-order valence-electron chi connectivity index (χ2n) is 2.92. The van der Waals surface area contributed by atoms with E-state index >= 15 is 0 Å². The summed E-state index contributed by atoms with van der Waals surface area (Å²) in [5.74, 6) is 0.603. The minimum Gasteiger partial charge on any atom is -0.102 e. The summed E-state index contributed by atoms with van der Waals surface area (Å²) < 4.78 is 0. The molecule has 0 saturated carbocycles. The molecule has 0 aromatic heterocycles. The lowest BCUT2D eigenvalue weighted by Crippen LogP contribution is -1.90. The molecule has 0 amide bonds. The topological polar surface area (TPSA) is 0 Å². The van der Waals surface area contributed by atoms with E-state index in [2.05, 4.69) is 32.6 Å². The molecule has 64 valence electrons. The van der Waals surface area contributed by atoms with Crippen LogP contribution in [0.2, 0.25) is 0 Å². The molecule has 0 nitrogen and oxygen atoms in total. The lowest BCUT2D eigenvalue weighted by Gasteiger charge is -2.05. The van der Waals surface area contributed by atoms with Gasteiger partial charge in [0.25, 0.3) is 0 Å². The summed E-state index contributed by atoms with van der Waals surface area (Å²) in [4.78, 5) is 0. The van der Waals surface area contributed by atoms with E-state index in [1.54, 1.807) is 0 Å². The molecule has 11 heavy (non-hydrogen) atoms. The van der Waals surface area contributed by atoms with Gasteiger partial charge in [-0.15, -0.1) is 6.58 Å². The first-order valence-corrected chi connectivity index (χ1v) is 4.60. The monoisotopic (exact) mass is 152 g/mol. The van der Waals surface area contributed by atoms with Gasteiger partial charge in [0.05, 0.1) is 0 Å². The van der Waals surface area contributed by atoms with E-state index < -0.39 is 0 Å². The normalized spacial score (nSPS) is 13.6. The Labute approximate surface area is 71.0 Å². The minimum atomic E-state index is 0.603. The van der Waals surface area contributed by atoms with E-state index in [1.165, 1.54) is 25.7 Å². The first-order valence-electron chi connectivity index (χ1n) is 4.60. The third-order valence-electron chi connectivity index (χ3n) is 1.88. The maximum atomic E-state index is 3.81. The summed E-state index contributed by atoms with van der Waals surface area (Å²) in [6, 6.07) is 0. The first kappa shape index (κ1) is 10.5. The molecule has 0 aromatic rings. The standard InChI is InChI=1S/C11H20/c1-4-7-8-10-11(6-3)9-5-2/h5-6,9,11H,3-4,7-8,10H2,1-2H3/b9-5+. The van der Waals surface area contributed by atoms with Crippen LogP contribution in [0.5, 0.6) is 0 Å². The van der Waals surface area contributed by atoms with Crippen molar-refractivity contribution in [2.24, 2.45) is 5.92 Å². The molecule has 0 spiro atoms. The maximum absolute atomic E-state index is 3.81. The minimum absolute atomic E-state index is 0.603. The van der Waals surface area contributed by atoms with E-state index in [0.717, 1.165) is 0 Å². The third-order valence-corrected chi connectivity index (χ3v) is 1.88. The van der Waals surface area contributed by atoms with Gasteiger partial charge in [0.15, 0.2) is 0 Å². The highest BCUT2D eigenvalue weighted by atomic mass is 14.0. The van der Waals surface area contributed by atoms with Gasteiger partial charge in [0, 0.05) is 0 Å². The number of unbranched alkanes of at least 4 members (excludes halogenated alkanes) is 2. The molecule has 1 unspecified atom stereocenters. The van der Waals surface area contributed by atoms with Crippen LogP contribution in [0, 0.1) is 5.92 Å². The van der Waals surface area contributed by atoms with Gasteiger partial charge in [-0.3, -0.25) is 0 Å². The molecule has 0 aromatic carbocycles. The van der Waals surface area contributed by atoms with Gasteiger partial charge >= 0.3 is 0 Å². The SMILES string of the molecule is C=CC(/C=C/C)CCCCC. The Hall–Kier alpha value is -0.520. The molecule has 0 rings (SSSR count). The smallest absolute Gasteiger partial charge is 0.00563 e. The van der Waals surface area contributed by atoms with Crippen LogP contribution in [-0.4, -0.2) is 0 Å². The molecule has 0 radical (unpaired) electrons. The summed E-state index contributed by atoms with van der Waals surface area (Å²) in [6.07, 6.45) is 11.6. The Kier molecular flexibility index (Phi) is 7.23. The molecule has 0 fully saturated rings. The zero-order chi connectivity index (χ0) is 8.53. The van der Waals surface area contributed by atoms with Gasteiger partial charge in [-0.2, -0.15) is 0 Å². The van der Waals surface area contributed by atoms with Crippen molar-refractivity contribution in [2.75, 3.05) is 0 Å². The fourth-order valence-electron chi connectivity index (χ4n) is 1.17. The second kappa shape index (κ2) is 7.59. The van der Waals surface area contributed by atoms with Crippen molar-refractivity contribution in [3.63, 3.8) is 0 Å². The van der Waals surface area contributed by atoms with E-state index in [9.17, 15) is 0 Å². The van der Waals surface area contributed by atoms with Crippen molar-refractivity contribution in [1.29, 1.82) is 0 Å². The number of hydrogen-bond acceptors (Lipinski definition) is 0. The molecule has 0 N–H and O–H groups in total. The lowest BCUT2D eigenvalue weighted by molar-refractivity contribution is 0.611. The van der Waals surface area contributed by atoms with Crippen LogP contribution in [0.3, 0.4) is 0 Å². The molecule has 0 heterocycles. The van der Waals surface area contributed by atoms with Crippen molar-refractivity contribution in [2.45, 2.75) is 39.5 Å². The molecule has 0 saturated heterocycles. The second-order valence-corrected chi connectivity index (χ2v) is 2.92. The van der Waals surface area contributed by atoms with Crippen molar-refractivity contribution < 1.29 is 0 Å². The van der Waals surface area contributed by atoms with Gasteiger partial charge < -0.3 is 0 Å². The average Bonchev–Trinajstić information content (AvgIpc) is 2.03. The molecule has 1 atom stereocenters. The predicted molar refractivity (Wildman–Crippen MR) is 52.6 cm³/mol. The molecular formula is C11H20. The van der Waals surface area contributed by atoms with Crippen LogP contribution in [-0.2, 0) is 0 Å². The molecule has 0 bridgehead atoms. The van der Waals surface area contributed by atoms with Crippen molar-refractivity contribution in [3.8, 4) is 0 Å². The van der Waals surface area contributed by atoms with Gasteiger partial charge in [-0.1, -0.05) is 44.4 Å². The van der Waals surface area contributed by atoms with Gasteiger partial charge in [-0.25, -0.2) is 0 Å². The highest BCUT2D eigenvalue weighted by Gasteiger charge is 1.96. The van der Waals surface area contributed by atoms with Crippen molar-refractivity contribution >= 4 is 0 Å². The Morgan fingerprint density at radius 3 is 2.55 bits per heavy atom. The summed E-state index contributed by atoms with van der Waals surface area (Å²) in [6.45, 7) is 8.11. The zero-order valence-corrected chi connectivity index (χ0v) is 7.84. The summed E-state index contributed by atoms with van der Waals surface area (Å²) in [5.41, 5.74) is 0. The van der Waals surface area contributed by atoms with Gasteiger partial charge in [-0.05, 0) is 19.3 Å². The van der Waals surface area contributed by atoms with E-state index in [0.29, 0.717) is 5.92 Å². The Morgan fingerprint density at radius 2 is 2.09 bits per heavy atom. The van der Waals surface area contributed by atoms with Crippen LogP contribution in [0.15, 0.2) is 24.8 Å². The largest absolute Gasteiger partial charge is 0.102 e.